The first-order valence-electron chi connectivity index (χ1n) is 43.3. The molecule has 13 aliphatic heterocycles. The molecule has 8 unspecified atom stereocenters. The second-order valence-corrected chi connectivity index (χ2v) is 36.0. The zero-order valence-electron chi connectivity index (χ0n) is 68.3. The predicted octanol–water partition coefficient (Wildman–Crippen LogP) is 17.0. The molecule has 0 aliphatic carbocycles. The first kappa shape index (κ1) is 82.7. The Morgan fingerprint density at radius 1 is 0.421 bits per heavy atom. The van der Waals surface area contributed by atoms with Crippen LogP contribution in [0.4, 0.5) is 0 Å². The van der Waals surface area contributed by atoms with E-state index < -0.39 is 40.8 Å². The summed E-state index contributed by atoms with van der Waals surface area (Å²) in [4.78, 5) is 33.4. The number of carbonyl (C=O) groups excluding carboxylic acids is 1. The fraction of sp³-hybridized carbons (Fsp3) is 0.500. The quantitative estimate of drug-likeness (QED) is 0.0337. The van der Waals surface area contributed by atoms with Crippen molar-refractivity contribution in [1.82, 2.24) is 24.9 Å². The van der Waals surface area contributed by atoms with E-state index >= 15 is 0 Å². The van der Waals surface area contributed by atoms with Crippen molar-refractivity contribution in [1.29, 1.82) is 0 Å². The number of aliphatic carboxylic acids is 1. The molecule has 13 aliphatic rings. The number of benzene rings is 8. The Balaban J connectivity index is 0.000000164. The summed E-state index contributed by atoms with van der Waals surface area (Å²) in [6, 6.07) is 74.3. The Morgan fingerprint density at radius 2 is 0.798 bits per heavy atom. The molecule has 614 valence electrons. The Morgan fingerprint density at radius 3 is 1.25 bits per heavy atom. The third-order valence-corrected chi connectivity index (χ3v) is 28.1. The number of amides is 1. The lowest BCUT2D eigenvalue weighted by molar-refractivity contribution is -0.135. The molecule has 13 saturated heterocycles. The maximum Gasteiger partial charge on any atom is 0.322 e. The number of para-hydroxylation sites is 1. The van der Waals surface area contributed by atoms with Gasteiger partial charge in [0.1, 0.15) is 18.4 Å². The van der Waals surface area contributed by atoms with Crippen LogP contribution >= 0.6 is 0 Å². The van der Waals surface area contributed by atoms with E-state index in [0.29, 0.717) is 66.3 Å². The number of ether oxygens (including phenoxy) is 2. The molecule has 8 aromatic rings. The van der Waals surface area contributed by atoms with E-state index in [9.17, 15) is 30.0 Å². The highest BCUT2D eigenvalue weighted by Gasteiger charge is 2.52. The van der Waals surface area contributed by atoms with Gasteiger partial charge in [-0.05, 0) is 246 Å². The van der Waals surface area contributed by atoms with Gasteiger partial charge in [0, 0.05) is 80.4 Å². The number of carboxylic acid groups (broad SMARTS) is 1. The van der Waals surface area contributed by atoms with Gasteiger partial charge in [0.2, 0.25) is 0 Å². The molecule has 1 amide bonds. The van der Waals surface area contributed by atoms with E-state index in [4.69, 9.17) is 14.6 Å². The highest BCUT2D eigenvalue weighted by atomic mass is 16.5. The third-order valence-electron chi connectivity index (χ3n) is 28.1. The molecule has 13 fully saturated rings. The van der Waals surface area contributed by atoms with Crippen molar-refractivity contribution in [2.24, 2.45) is 47.3 Å². The number of carboxylic acids is 1. The molecule has 114 heavy (non-hydrogen) atoms. The Kier molecular flexibility index (Phi) is 27.3. The standard InChI is InChI=1S/C27H35NO3.C25H30N2O4.C25H33NO.C23H29NO.4H2/c29-27(23-7-2-1-3-8-23,25-20-28-16-11-21(25)12-17-28)15-10-22-6-4-5-9-26(22)31-24-13-18-30-19-14-24;28-23(29)16-26-24(30)21-9-5-4-6-18(21)10-13-25(31,20-7-2-1-3-8-20)22-17-27-14-11-19(22)12-15-27;1-24(2,3)21-9-11-22(12-10-21)25(27,17-19-7-5-4-6-8-19)23-18-26-15-13-20(23)14-16-26;1-18-7-5-6-10-21(18)23(25,14-11-19-8-3-2-4-9-19)22-17-24-15-12-20(22)13-16-24;;;;/h1-9,21,24-25,29H,10-20H2;1-9,19,22,31H,10-17H2,(H,26,30)(H,28,29);4-12,20,23,27H,13-18H2,1-3H3;2-10,20,22,25H,11-17H2,1H3;4*1H. The number of nitrogens with zero attached hydrogens (tertiary/aromatic N) is 4. The van der Waals surface area contributed by atoms with E-state index in [-0.39, 0.29) is 23.1 Å². The Labute approximate surface area is 685 Å². The topological polar surface area (TPSA) is 179 Å². The molecule has 0 radical (unpaired) electrons. The molecule has 8 aromatic carbocycles. The van der Waals surface area contributed by atoms with Crippen LogP contribution in [0.2, 0.25) is 0 Å². The van der Waals surface area contributed by atoms with Crippen LogP contribution in [0.3, 0.4) is 0 Å². The van der Waals surface area contributed by atoms with Gasteiger partial charge in [-0.2, -0.15) is 0 Å². The van der Waals surface area contributed by atoms with Crippen molar-refractivity contribution in [3.63, 3.8) is 0 Å². The number of piperidine rings is 12. The van der Waals surface area contributed by atoms with E-state index in [2.05, 4.69) is 210 Å². The van der Waals surface area contributed by atoms with Crippen molar-refractivity contribution < 1.29 is 50.3 Å². The Bertz CT molecular complexity index is 4360. The van der Waals surface area contributed by atoms with Gasteiger partial charge >= 0.3 is 5.97 Å². The fourth-order valence-electron chi connectivity index (χ4n) is 21.4. The number of aliphatic hydroxyl groups is 4. The van der Waals surface area contributed by atoms with Gasteiger partial charge in [-0.15, -0.1) is 0 Å². The minimum Gasteiger partial charge on any atom is -0.490 e. The number of aryl methyl sites for hydroxylation is 4. The molecule has 8 bridgehead atoms. The average Bonchev–Trinajstić information content (AvgIpc) is 0.809. The van der Waals surface area contributed by atoms with Crippen LogP contribution in [-0.4, -0.2) is 161 Å². The molecule has 0 saturated carbocycles. The lowest BCUT2D eigenvalue weighted by Gasteiger charge is -2.51. The maximum absolute atomic E-state index is 12.5. The summed E-state index contributed by atoms with van der Waals surface area (Å²) < 4.78 is 11.9. The van der Waals surface area contributed by atoms with Crippen LogP contribution < -0.4 is 10.1 Å². The zero-order chi connectivity index (χ0) is 79.3. The monoisotopic (exact) mass is 1550 g/mol. The highest BCUT2D eigenvalue weighted by molar-refractivity contribution is 5.97. The first-order valence-corrected chi connectivity index (χ1v) is 43.3. The van der Waals surface area contributed by atoms with Crippen molar-refractivity contribution >= 4 is 11.9 Å². The average molecular weight is 1550 g/mol. The Hall–Kier alpha value is -7.86. The molecule has 0 spiro atoms. The summed E-state index contributed by atoms with van der Waals surface area (Å²) in [6.45, 7) is 23.4. The zero-order valence-corrected chi connectivity index (χ0v) is 68.3. The third kappa shape index (κ3) is 19.7. The fourth-order valence-corrected chi connectivity index (χ4v) is 21.4. The lowest BCUT2D eigenvalue weighted by atomic mass is 9.65. The number of rotatable bonds is 24. The largest absolute Gasteiger partial charge is 0.490 e. The van der Waals surface area contributed by atoms with Crippen LogP contribution in [0.5, 0.6) is 5.75 Å². The van der Waals surface area contributed by atoms with Gasteiger partial charge < -0.3 is 59.9 Å². The van der Waals surface area contributed by atoms with Gasteiger partial charge in [-0.25, -0.2) is 0 Å². The molecule has 14 nitrogen and oxygen atoms in total. The number of carbonyl (C=O) groups is 2. The molecule has 8 atom stereocenters. The summed E-state index contributed by atoms with van der Waals surface area (Å²) in [6.07, 6.45) is 16.7. The number of nitrogens with one attached hydrogen (secondary N) is 1. The van der Waals surface area contributed by atoms with Gasteiger partial charge in [0.25, 0.3) is 5.91 Å². The van der Waals surface area contributed by atoms with Gasteiger partial charge in [-0.1, -0.05) is 227 Å². The van der Waals surface area contributed by atoms with E-state index in [1.165, 1.54) is 106 Å². The molecular formula is C100H135N5O9. The SMILES string of the molecule is CC(C)(C)c1ccc(C(O)(Cc2ccccc2)C2CN3CCC2CC3)cc1.Cc1ccccc1C(O)(CCc1ccccc1)C1CN2CCC1CC2.O=C(O)CNC(=O)c1ccccc1CCC(O)(c1ccccc1)C1CN2CCC1CC2.OC(CCc1ccccc1OC1CCOCC1)(c1ccccc1)C1CN2CCC1CC2.[HH].[HH].[HH].[HH]. The van der Waals surface area contributed by atoms with Crippen molar-refractivity contribution in [3.05, 3.63) is 280 Å². The molecule has 6 N–H and O–H groups in total. The summed E-state index contributed by atoms with van der Waals surface area (Å²) in [5.41, 5.74) is 8.59. The maximum atomic E-state index is 12.5. The summed E-state index contributed by atoms with van der Waals surface area (Å²) in [5, 5.41) is 59.8. The predicted molar refractivity (Wildman–Crippen MR) is 463 cm³/mol. The van der Waals surface area contributed by atoms with E-state index in [1.807, 2.05) is 48.5 Å². The van der Waals surface area contributed by atoms with Crippen LogP contribution in [0.25, 0.3) is 0 Å². The minimum absolute atomic E-state index is 0. The lowest BCUT2D eigenvalue weighted by Crippen LogP contribution is -2.55. The number of hydrogen-bond donors (Lipinski definition) is 6. The molecular weight excluding hydrogens is 1420 g/mol. The van der Waals surface area contributed by atoms with Crippen LogP contribution in [0, 0.1) is 54.3 Å². The van der Waals surface area contributed by atoms with Gasteiger partial charge in [0.05, 0.1) is 35.6 Å². The number of fused-ring (bicyclic) bond motifs is 12. The van der Waals surface area contributed by atoms with Gasteiger partial charge in [-0.3, -0.25) is 9.59 Å². The van der Waals surface area contributed by atoms with Crippen molar-refractivity contribution in [3.8, 4) is 5.75 Å². The smallest absolute Gasteiger partial charge is 0.322 e. The van der Waals surface area contributed by atoms with Crippen LogP contribution in [-0.2, 0) is 63.0 Å². The number of hydrogen-bond acceptors (Lipinski definition) is 12. The molecule has 14 heteroatoms. The van der Waals surface area contributed by atoms with Crippen molar-refractivity contribution in [2.75, 3.05) is 98.3 Å². The molecule has 13 heterocycles. The van der Waals surface area contributed by atoms with Crippen LogP contribution in [0.15, 0.2) is 218 Å². The second-order valence-electron chi connectivity index (χ2n) is 36.0. The highest BCUT2D eigenvalue weighted by Crippen LogP contribution is 2.51. The summed E-state index contributed by atoms with van der Waals surface area (Å²) in [7, 11) is 0. The minimum atomic E-state index is -1.08. The molecule has 21 rings (SSSR count). The van der Waals surface area contributed by atoms with E-state index in [0.717, 1.165) is 137 Å². The second kappa shape index (κ2) is 37.6. The van der Waals surface area contributed by atoms with E-state index in [1.54, 1.807) is 12.1 Å². The summed E-state index contributed by atoms with van der Waals surface area (Å²) in [5.74, 6) is 3.01. The summed E-state index contributed by atoms with van der Waals surface area (Å²) >= 11 is 0. The van der Waals surface area contributed by atoms with Gasteiger partial charge in [0.15, 0.2) is 0 Å². The molecule has 0 aromatic heterocycles. The van der Waals surface area contributed by atoms with Crippen LogP contribution in [0.1, 0.15) is 176 Å². The normalized spacial score (nSPS) is 26.9. The van der Waals surface area contributed by atoms with Crippen molar-refractivity contribution in [2.45, 2.75) is 171 Å². The first-order chi connectivity index (χ1) is 55.2.